The molecule has 4 heterocycles. The van der Waals surface area contributed by atoms with Gasteiger partial charge in [-0.2, -0.15) is 0 Å². The summed E-state index contributed by atoms with van der Waals surface area (Å²) in [5.41, 5.74) is 4.08. The highest BCUT2D eigenvalue weighted by Crippen LogP contribution is 2.30. The van der Waals surface area contributed by atoms with Crippen molar-refractivity contribution in [1.82, 2.24) is 14.8 Å². The number of carbonyl (C=O) groups excluding carboxylic acids is 1. The molecule has 130 valence electrons. The van der Waals surface area contributed by atoms with Crippen molar-refractivity contribution in [3.05, 3.63) is 58.6 Å². The molecule has 2 aromatic rings. The van der Waals surface area contributed by atoms with E-state index in [2.05, 4.69) is 51.2 Å². The Bertz CT molecular complexity index is 729. The molecule has 5 heteroatoms. The third-order valence-electron chi connectivity index (χ3n) is 5.16. The maximum absolute atomic E-state index is 12.8. The van der Waals surface area contributed by atoms with Crippen LogP contribution in [0.1, 0.15) is 24.1 Å². The fourth-order valence-electron chi connectivity index (χ4n) is 3.88. The second-order valence-electron chi connectivity index (χ2n) is 6.91. The molecule has 0 saturated carbocycles. The smallest absolute Gasteiger partial charge is 0.227 e. The predicted molar refractivity (Wildman–Crippen MR) is 101 cm³/mol. The SMILES string of the molecule is O=C1[C@H]2CC[C@H](CN(C/C=C/c3ccccc3)C2)N1Cc1cscn1. The Hall–Kier alpha value is -1.98. The van der Waals surface area contributed by atoms with E-state index in [1.54, 1.807) is 11.3 Å². The minimum atomic E-state index is 0.141. The Balaban J connectivity index is 1.42. The van der Waals surface area contributed by atoms with Crippen molar-refractivity contribution in [1.29, 1.82) is 0 Å². The number of piperidine rings is 1. The summed E-state index contributed by atoms with van der Waals surface area (Å²) < 4.78 is 0. The first kappa shape index (κ1) is 16.5. The fourth-order valence-corrected chi connectivity index (χ4v) is 4.43. The fraction of sp³-hybridized carbons (Fsp3) is 0.400. The van der Waals surface area contributed by atoms with E-state index in [0.29, 0.717) is 18.5 Å². The van der Waals surface area contributed by atoms with Crippen LogP contribution in [-0.4, -0.2) is 46.4 Å². The van der Waals surface area contributed by atoms with E-state index in [4.69, 9.17) is 0 Å². The summed E-state index contributed by atoms with van der Waals surface area (Å²) in [4.78, 5) is 21.7. The van der Waals surface area contributed by atoms with Crippen LogP contribution >= 0.6 is 11.3 Å². The van der Waals surface area contributed by atoms with E-state index < -0.39 is 0 Å². The van der Waals surface area contributed by atoms with Crippen molar-refractivity contribution in [2.24, 2.45) is 5.92 Å². The van der Waals surface area contributed by atoms with Gasteiger partial charge in [-0.25, -0.2) is 4.98 Å². The average Bonchev–Trinajstić information content (AvgIpc) is 3.01. The van der Waals surface area contributed by atoms with Crippen LogP contribution in [0.15, 0.2) is 47.3 Å². The molecule has 0 unspecified atom stereocenters. The van der Waals surface area contributed by atoms with Gasteiger partial charge in [0.25, 0.3) is 0 Å². The van der Waals surface area contributed by atoms with Crippen molar-refractivity contribution in [3.8, 4) is 0 Å². The zero-order chi connectivity index (χ0) is 17.1. The van der Waals surface area contributed by atoms with Gasteiger partial charge in [0.15, 0.2) is 0 Å². The lowest BCUT2D eigenvalue weighted by Crippen LogP contribution is -2.47. The van der Waals surface area contributed by atoms with Gasteiger partial charge < -0.3 is 4.90 Å². The zero-order valence-corrected chi connectivity index (χ0v) is 15.1. The number of benzene rings is 1. The molecular weight excluding hydrogens is 330 g/mol. The number of fused-ring (bicyclic) bond motifs is 4. The quantitative estimate of drug-likeness (QED) is 0.828. The van der Waals surface area contributed by atoms with Gasteiger partial charge in [0.05, 0.1) is 23.7 Å². The first-order valence-corrected chi connectivity index (χ1v) is 9.85. The summed E-state index contributed by atoms with van der Waals surface area (Å²) >= 11 is 1.60. The average molecular weight is 353 g/mol. The highest BCUT2D eigenvalue weighted by molar-refractivity contribution is 7.07. The molecule has 3 aliphatic rings. The molecule has 1 aromatic heterocycles. The normalized spacial score (nSPS) is 24.2. The van der Waals surface area contributed by atoms with Crippen LogP contribution in [0.2, 0.25) is 0 Å². The van der Waals surface area contributed by atoms with E-state index in [-0.39, 0.29) is 5.92 Å². The number of carbonyl (C=O) groups is 1. The van der Waals surface area contributed by atoms with E-state index in [9.17, 15) is 4.79 Å². The van der Waals surface area contributed by atoms with Gasteiger partial charge in [0.2, 0.25) is 5.91 Å². The summed E-state index contributed by atoms with van der Waals surface area (Å²) in [5.74, 6) is 0.460. The topological polar surface area (TPSA) is 36.4 Å². The van der Waals surface area contributed by atoms with Crippen LogP contribution in [-0.2, 0) is 11.3 Å². The standard InChI is InChI=1S/C20H23N3OS/c24-20-17-8-9-19(23(20)12-18-14-25-15-21-18)13-22(11-17)10-4-7-16-5-2-1-3-6-16/h1-7,14-15,17,19H,8-13H2/b7-4+/t17-,19+/m0/s1. The molecule has 3 fully saturated rings. The molecule has 2 atom stereocenters. The van der Waals surface area contributed by atoms with Gasteiger partial charge in [-0.15, -0.1) is 11.3 Å². The third kappa shape index (κ3) is 3.83. The van der Waals surface area contributed by atoms with Crippen molar-refractivity contribution < 1.29 is 4.79 Å². The Morgan fingerprint density at radius 2 is 2.08 bits per heavy atom. The molecule has 5 rings (SSSR count). The molecular formula is C20H23N3OS. The maximum atomic E-state index is 12.8. The predicted octanol–water partition coefficient (Wildman–Crippen LogP) is 3.28. The molecule has 0 spiro atoms. The maximum Gasteiger partial charge on any atom is 0.227 e. The molecule has 1 amide bonds. The second-order valence-corrected chi connectivity index (χ2v) is 7.62. The minimum Gasteiger partial charge on any atom is -0.332 e. The monoisotopic (exact) mass is 353 g/mol. The van der Waals surface area contributed by atoms with Gasteiger partial charge >= 0.3 is 0 Å². The number of hydrogen-bond donors (Lipinski definition) is 0. The Morgan fingerprint density at radius 3 is 2.88 bits per heavy atom. The van der Waals surface area contributed by atoms with Crippen LogP contribution in [0.4, 0.5) is 0 Å². The van der Waals surface area contributed by atoms with Crippen molar-refractivity contribution >= 4 is 23.3 Å². The number of hydrogen-bond acceptors (Lipinski definition) is 4. The molecule has 1 aromatic carbocycles. The summed E-state index contributed by atoms with van der Waals surface area (Å²) in [6.07, 6.45) is 6.52. The minimum absolute atomic E-state index is 0.141. The van der Waals surface area contributed by atoms with Crippen LogP contribution in [0.5, 0.6) is 0 Å². The number of thiazole rings is 1. The highest BCUT2D eigenvalue weighted by Gasteiger charge is 2.40. The van der Waals surface area contributed by atoms with Gasteiger partial charge in [-0.1, -0.05) is 42.5 Å². The highest BCUT2D eigenvalue weighted by atomic mass is 32.1. The lowest BCUT2D eigenvalue weighted by atomic mass is 9.94. The number of amides is 1. The summed E-state index contributed by atoms with van der Waals surface area (Å²) in [6.45, 7) is 3.41. The van der Waals surface area contributed by atoms with E-state index in [0.717, 1.165) is 38.2 Å². The molecule has 2 bridgehead atoms. The first-order valence-electron chi connectivity index (χ1n) is 8.91. The van der Waals surface area contributed by atoms with Gasteiger partial charge in [0, 0.05) is 31.1 Å². The van der Waals surface area contributed by atoms with Gasteiger partial charge in [0.1, 0.15) is 0 Å². The van der Waals surface area contributed by atoms with Crippen LogP contribution in [0.25, 0.3) is 6.08 Å². The zero-order valence-electron chi connectivity index (χ0n) is 14.3. The Morgan fingerprint density at radius 1 is 1.20 bits per heavy atom. The van der Waals surface area contributed by atoms with Crippen LogP contribution in [0, 0.1) is 5.92 Å². The molecule has 3 aliphatic heterocycles. The molecule has 0 N–H and O–H groups in total. The Kier molecular flexibility index (Phi) is 4.95. The lowest BCUT2D eigenvalue weighted by molar-refractivity contribution is -0.140. The van der Waals surface area contributed by atoms with E-state index in [1.165, 1.54) is 5.56 Å². The lowest BCUT2D eigenvalue weighted by Gasteiger charge is -2.35. The molecule has 0 radical (unpaired) electrons. The molecule has 0 aliphatic carbocycles. The third-order valence-corrected chi connectivity index (χ3v) is 5.79. The summed E-state index contributed by atoms with van der Waals surface area (Å²) in [5, 5.41) is 2.05. The van der Waals surface area contributed by atoms with Crippen molar-refractivity contribution in [3.63, 3.8) is 0 Å². The first-order chi connectivity index (χ1) is 12.3. The van der Waals surface area contributed by atoms with Crippen LogP contribution in [0.3, 0.4) is 0 Å². The van der Waals surface area contributed by atoms with E-state index in [1.807, 2.05) is 17.0 Å². The number of aromatic nitrogens is 1. The molecule has 4 nitrogen and oxygen atoms in total. The van der Waals surface area contributed by atoms with Crippen LogP contribution < -0.4 is 0 Å². The van der Waals surface area contributed by atoms with E-state index >= 15 is 0 Å². The summed E-state index contributed by atoms with van der Waals surface area (Å²) in [7, 11) is 0. The molecule has 3 saturated heterocycles. The largest absolute Gasteiger partial charge is 0.332 e. The van der Waals surface area contributed by atoms with Crippen molar-refractivity contribution in [2.45, 2.75) is 25.4 Å². The molecule has 25 heavy (non-hydrogen) atoms. The number of rotatable bonds is 5. The second kappa shape index (κ2) is 7.50. The Labute approximate surface area is 152 Å². The van der Waals surface area contributed by atoms with Gasteiger partial charge in [-0.05, 0) is 18.4 Å². The van der Waals surface area contributed by atoms with Gasteiger partial charge in [-0.3, -0.25) is 9.69 Å². The van der Waals surface area contributed by atoms with Crippen molar-refractivity contribution in [2.75, 3.05) is 19.6 Å². The summed E-state index contributed by atoms with van der Waals surface area (Å²) in [6, 6.07) is 10.7. The number of nitrogens with zero attached hydrogens (tertiary/aromatic N) is 3.